The highest BCUT2D eigenvalue weighted by Crippen LogP contribution is 2.29. The Morgan fingerprint density at radius 3 is 2.22 bits per heavy atom. The van der Waals surface area contributed by atoms with Crippen molar-refractivity contribution in [3.63, 3.8) is 0 Å². The van der Waals surface area contributed by atoms with E-state index in [0.29, 0.717) is 0 Å². The maximum absolute atomic E-state index is 11.9. The fourth-order valence-electron chi connectivity index (χ4n) is 2.48. The van der Waals surface area contributed by atoms with Crippen LogP contribution >= 0.6 is 0 Å². The predicted molar refractivity (Wildman–Crippen MR) is 70.2 cm³/mol. The summed E-state index contributed by atoms with van der Waals surface area (Å²) in [5.74, 6) is -1.63. The minimum Gasteiger partial charge on any atom is -0.481 e. The van der Waals surface area contributed by atoms with Gasteiger partial charge in [-0.2, -0.15) is 0 Å². The molecule has 0 spiro atoms. The molecule has 4 nitrogen and oxygen atoms in total. The summed E-state index contributed by atoms with van der Waals surface area (Å²) in [5.41, 5.74) is -0.393. The fraction of sp³-hybridized carbons (Fsp3) is 0.857. The molecule has 0 unspecified atom stereocenters. The van der Waals surface area contributed by atoms with Crippen LogP contribution < -0.4 is 5.32 Å². The van der Waals surface area contributed by atoms with Crippen molar-refractivity contribution in [2.24, 2.45) is 11.3 Å². The zero-order valence-corrected chi connectivity index (χ0v) is 11.7. The molecule has 0 aromatic heterocycles. The monoisotopic (exact) mass is 255 g/mol. The minimum absolute atomic E-state index is 0.0787. The molecule has 2 N–H and O–H groups in total. The van der Waals surface area contributed by atoms with Crippen LogP contribution in [0.2, 0.25) is 0 Å². The largest absolute Gasteiger partial charge is 0.481 e. The summed E-state index contributed by atoms with van der Waals surface area (Å²) in [6.45, 7) is 5.58. The first kappa shape index (κ1) is 15.0. The lowest BCUT2D eigenvalue weighted by Gasteiger charge is -2.28. The van der Waals surface area contributed by atoms with Crippen LogP contribution in [-0.2, 0) is 9.59 Å². The number of hydrogen-bond donors (Lipinski definition) is 2. The highest BCUT2D eigenvalue weighted by molar-refractivity contribution is 5.82. The molecule has 0 saturated heterocycles. The smallest absolute Gasteiger partial charge is 0.307 e. The Morgan fingerprint density at radius 1 is 1.22 bits per heavy atom. The lowest BCUT2D eigenvalue weighted by molar-refractivity contribution is -0.148. The number of hydrogen-bond acceptors (Lipinski definition) is 2. The van der Waals surface area contributed by atoms with E-state index in [1.54, 1.807) is 0 Å². The van der Waals surface area contributed by atoms with Gasteiger partial charge in [-0.1, -0.05) is 40.0 Å². The summed E-state index contributed by atoms with van der Waals surface area (Å²) in [4.78, 5) is 23.1. The molecule has 1 aliphatic carbocycles. The van der Waals surface area contributed by atoms with Crippen molar-refractivity contribution in [1.82, 2.24) is 5.32 Å². The fourth-order valence-corrected chi connectivity index (χ4v) is 2.48. The minimum atomic E-state index is -0.888. The number of carbonyl (C=O) groups is 2. The maximum Gasteiger partial charge on any atom is 0.307 e. The number of rotatable bonds is 4. The third-order valence-electron chi connectivity index (χ3n) is 3.70. The van der Waals surface area contributed by atoms with Crippen LogP contribution in [0.5, 0.6) is 0 Å². The van der Waals surface area contributed by atoms with Crippen LogP contribution in [0.3, 0.4) is 0 Å². The van der Waals surface area contributed by atoms with Gasteiger partial charge in [0.2, 0.25) is 5.91 Å². The molecule has 1 amide bonds. The van der Waals surface area contributed by atoms with Crippen molar-refractivity contribution in [2.75, 3.05) is 0 Å². The Balaban J connectivity index is 2.48. The number of carboxylic acids is 1. The Morgan fingerprint density at radius 2 is 1.78 bits per heavy atom. The van der Waals surface area contributed by atoms with Crippen LogP contribution in [0, 0.1) is 11.3 Å². The Bertz CT molecular complexity index is 301. The van der Waals surface area contributed by atoms with Crippen LogP contribution in [0.4, 0.5) is 0 Å². The lowest BCUT2D eigenvalue weighted by atomic mass is 9.78. The van der Waals surface area contributed by atoms with E-state index in [9.17, 15) is 14.7 Å². The van der Waals surface area contributed by atoms with Crippen molar-refractivity contribution >= 4 is 11.9 Å². The van der Waals surface area contributed by atoms with E-state index in [1.165, 1.54) is 6.42 Å². The summed E-state index contributed by atoms with van der Waals surface area (Å²) in [6.07, 6.45) is 5.69. The van der Waals surface area contributed by atoms with Crippen LogP contribution in [0.25, 0.3) is 0 Å². The zero-order valence-electron chi connectivity index (χ0n) is 11.7. The molecule has 0 aromatic rings. The van der Waals surface area contributed by atoms with E-state index < -0.39 is 17.3 Å². The Labute approximate surface area is 109 Å². The molecule has 0 aromatic carbocycles. The summed E-state index contributed by atoms with van der Waals surface area (Å²) < 4.78 is 0. The molecule has 0 bridgehead atoms. The molecule has 104 valence electrons. The van der Waals surface area contributed by atoms with Gasteiger partial charge >= 0.3 is 5.97 Å². The molecule has 1 aliphatic rings. The van der Waals surface area contributed by atoms with Crippen LogP contribution in [-0.4, -0.2) is 23.0 Å². The van der Waals surface area contributed by atoms with Gasteiger partial charge in [-0.25, -0.2) is 0 Å². The molecule has 0 heterocycles. The van der Waals surface area contributed by atoms with Gasteiger partial charge in [-0.15, -0.1) is 0 Å². The lowest BCUT2D eigenvalue weighted by Crippen LogP contribution is -2.40. The van der Waals surface area contributed by atoms with Crippen molar-refractivity contribution in [3.05, 3.63) is 0 Å². The standard InChI is InChI=1S/C14H25NO3/c1-14(2,3)11(13(17)18)9-12(16)15-10-7-5-4-6-8-10/h10-11H,4-9H2,1-3H3,(H,15,16)(H,17,18)/t11-/m0/s1. The third-order valence-corrected chi connectivity index (χ3v) is 3.70. The SMILES string of the molecule is CC(C)(C)[C@@H](CC(=O)NC1CCCCC1)C(=O)O. The normalized spacial score (nSPS) is 19.3. The van der Waals surface area contributed by atoms with Gasteiger partial charge in [-0.3, -0.25) is 9.59 Å². The van der Waals surface area contributed by atoms with Gasteiger partial charge in [0.25, 0.3) is 0 Å². The maximum atomic E-state index is 11.9. The zero-order chi connectivity index (χ0) is 13.8. The number of carbonyl (C=O) groups excluding carboxylic acids is 1. The number of carboxylic acid groups (broad SMARTS) is 1. The first-order valence-corrected chi connectivity index (χ1v) is 6.83. The second kappa shape index (κ2) is 6.21. The predicted octanol–water partition coefficient (Wildman–Crippen LogP) is 2.57. The summed E-state index contributed by atoms with van der Waals surface area (Å²) in [5, 5.41) is 12.2. The van der Waals surface area contributed by atoms with E-state index in [1.807, 2.05) is 20.8 Å². The average molecular weight is 255 g/mol. The van der Waals surface area contributed by atoms with Gasteiger partial charge in [0.1, 0.15) is 0 Å². The first-order valence-electron chi connectivity index (χ1n) is 6.83. The number of amides is 1. The van der Waals surface area contributed by atoms with Gasteiger partial charge in [-0.05, 0) is 18.3 Å². The molecule has 1 fully saturated rings. The highest BCUT2D eigenvalue weighted by atomic mass is 16.4. The van der Waals surface area contributed by atoms with Crippen molar-refractivity contribution in [2.45, 2.75) is 65.3 Å². The first-order chi connectivity index (χ1) is 8.30. The molecule has 4 heteroatoms. The summed E-state index contributed by atoms with van der Waals surface area (Å²) in [7, 11) is 0. The molecule has 1 atom stereocenters. The summed E-state index contributed by atoms with van der Waals surface area (Å²) in [6, 6.07) is 0.251. The molecule has 1 rings (SSSR count). The number of nitrogens with one attached hydrogen (secondary N) is 1. The average Bonchev–Trinajstić information content (AvgIpc) is 2.25. The molecular formula is C14H25NO3. The molecule has 18 heavy (non-hydrogen) atoms. The van der Waals surface area contributed by atoms with Crippen molar-refractivity contribution in [3.8, 4) is 0 Å². The van der Waals surface area contributed by atoms with Crippen molar-refractivity contribution < 1.29 is 14.7 Å². The topological polar surface area (TPSA) is 66.4 Å². The van der Waals surface area contributed by atoms with Crippen molar-refractivity contribution in [1.29, 1.82) is 0 Å². The molecule has 0 radical (unpaired) electrons. The van der Waals surface area contributed by atoms with Gasteiger partial charge in [0.15, 0.2) is 0 Å². The molecule has 0 aliphatic heterocycles. The van der Waals surface area contributed by atoms with Gasteiger partial charge in [0.05, 0.1) is 5.92 Å². The second-order valence-corrected chi connectivity index (χ2v) is 6.36. The Hall–Kier alpha value is -1.06. The van der Waals surface area contributed by atoms with Crippen LogP contribution in [0.15, 0.2) is 0 Å². The quantitative estimate of drug-likeness (QED) is 0.811. The Kier molecular flexibility index (Phi) is 5.17. The molecular weight excluding hydrogens is 230 g/mol. The summed E-state index contributed by atoms with van der Waals surface area (Å²) >= 11 is 0. The number of aliphatic carboxylic acids is 1. The van der Waals surface area contributed by atoms with E-state index in [2.05, 4.69) is 5.32 Å². The van der Waals surface area contributed by atoms with Gasteiger partial charge < -0.3 is 10.4 Å². The van der Waals surface area contributed by atoms with Gasteiger partial charge in [0, 0.05) is 12.5 Å². The molecule has 1 saturated carbocycles. The van der Waals surface area contributed by atoms with E-state index in [-0.39, 0.29) is 18.4 Å². The van der Waals surface area contributed by atoms with E-state index in [4.69, 9.17) is 0 Å². The van der Waals surface area contributed by atoms with E-state index >= 15 is 0 Å². The highest BCUT2D eigenvalue weighted by Gasteiger charge is 2.33. The van der Waals surface area contributed by atoms with E-state index in [0.717, 1.165) is 25.7 Å². The third kappa shape index (κ3) is 4.67. The van der Waals surface area contributed by atoms with Crippen LogP contribution in [0.1, 0.15) is 59.3 Å². The second-order valence-electron chi connectivity index (χ2n) is 6.36.